The molecule has 0 aromatic heterocycles. The average Bonchev–Trinajstić information content (AvgIpc) is 2.95. The van der Waals surface area contributed by atoms with Crippen LogP contribution in [0, 0.1) is 0 Å². The first kappa shape index (κ1) is 36.5. The number of carbonyl (C=O) groups is 2. The van der Waals surface area contributed by atoms with Crippen molar-refractivity contribution in [1.82, 2.24) is 5.32 Å². The second-order valence-electron chi connectivity index (χ2n) is 9.12. The minimum atomic E-state index is -0.760. The number of hydrogen-bond acceptors (Lipinski definition) is 5. The first-order chi connectivity index (χ1) is 18.5. The van der Waals surface area contributed by atoms with E-state index in [0.29, 0.717) is 18.8 Å². The van der Waals surface area contributed by atoms with Crippen LogP contribution in [-0.2, 0) is 25.2 Å². The molecule has 7 heteroatoms. The zero-order chi connectivity index (χ0) is 28.7. The van der Waals surface area contributed by atoms with E-state index >= 15 is 0 Å². The molecule has 0 radical (unpaired) electrons. The molecule has 1 aromatic carbocycles. The maximum absolute atomic E-state index is 11.0. The largest absolute Gasteiger partial charge is 0.356 e. The van der Waals surface area contributed by atoms with Gasteiger partial charge in [-0.15, -0.1) is 0 Å². The number of hydrogen-bond donors (Lipinski definition) is 1. The van der Waals surface area contributed by atoms with Crippen molar-refractivity contribution in [2.75, 3.05) is 26.1 Å². The highest BCUT2D eigenvalue weighted by molar-refractivity contribution is 8.12. The number of allylic oxidation sites excluding steroid dienone is 4. The summed E-state index contributed by atoms with van der Waals surface area (Å²) in [4.78, 5) is 21.8. The number of unbranched alkanes of at least 4 members (excludes halogenated alkanes) is 1. The molecule has 0 spiro atoms. The van der Waals surface area contributed by atoms with Crippen molar-refractivity contribution in [1.29, 1.82) is 0 Å². The number of benzene rings is 1. The minimum Gasteiger partial charge on any atom is -0.356 e. The third kappa shape index (κ3) is 14.6. The van der Waals surface area contributed by atoms with Crippen LogP contribution >= 0.6 is 19.7 Å². The molecule has 1 aromatic rings. The maximum atomic E-state index is 11.0. The lowest BCUT2D eigenvalue weighted by molar-refractivity contribution is -0.244. The predicted octanol–water partition coefficient (Wildman–Crippen LogP) is 7.97. The van der Waals surface area contributed by atoms with Gasteiger partial charge in [0.25, 0.3) is 0 Å². The van der Waals surface area contributed by atoms with Gasteiger partial charge < -0.3 is 14.8 Å². The zero-order valence-electron chi connectivity index (χ0n) is 24.8. The second-order valence-corrected chi connectivity index (χ2v) is 12.4. The van der Waals surface area contributed by atoms with Gasteiger partial charge in [-0.25, -0.2) is 0 Å². The standard InChI is InChI=1S/C18H26NO4PS.C11H20.C2H6/c1-22-18(10-16(19-13-20)8-9-23-18)17(12-25-14-21)24(2)11-15-6-4-3-5-7-15;1-4-6-7-8-9-10-11(3)5-2;1-2/h3-7,13-14,16-17H,8-12H2,1-2H3,(H,19,20);5,7-8H,4,6,9-10H2,1-3H3;1-2H3/b;8-7+,11-5-;. The molecule has 216 valence electrons. The molecule has 38 heavy (non-hydrogen) atoms. The first-order valence-corrected chi connectivity index (χ1v) is 17.0. The van der Waals surface area contributed by atoms with E-state index in [1.807, 2.05) is 32.0 Å². The molecular formula is C31H52NO4PS. The van der Waals surface area contributed by atoms with Gasteiger partial charge >= 0.3 is 0 Å². The van der Waals surface area contributed by atoms with Crippen molar-refractivity contribution >= 4 is 31.7 Å². The topological polar surface area (TPSA) is 64.6 Å². The van der Waals surface area contributed by atoms with Crippen LogP contribution in [0.5, 0.6) is 0 Å². The lowest BCUT2D eigenvalue weighted by atomic mass is 9.97. The van der Waals surface area contributed by atoms with E-state index < -0.39 is 13.7 Å². The van der Waals surface area contributed by atoms with E-state index in [2.05, 4.69) is 63.1 Å². The van der Waals surface area contributed by atoms with E-state index in [9.17, 15) is 9.59 Å². The summed E-state index contributed by atoms with van der Waals surface area (Å²) < 4.78 is 12.0. The third-order valence-corrected chi connectivity index (χ3v) is 9.86. The molecule has 1 saturated heterocycles. The summed E-state index contributed by atoms with van der Waals surface area (Å²) in [5.41, 5.74) is 3.75. The van der Waals surface area contributed by atoms with Crippen LogP contribution in [0.4, 0.5) is 0 Å². The Balaban J connectivity index is 0.000000887. The van der Waals surface area contributed by atoms with Gasteiger partial charge in [-0.05, 0) is 57.9 Å². The molecule has 4 atom stereocenters. The molecule has 5 nitrogen and oxygen atoms in total. The predicted molar refractivity (Wildman–Crippen MR) is 168 cm³/mol. The number of carbonyl (C=O) groups excluding carboxylic acids is 2. The van der Waals surface area contributed by atoms with Crippen molar-refractivity contribution in [3.8, 4) is 0 Å². The normalized spacial score (nSPS) is 20.8. The summed E-state index contributed by atoms with van der Waals surface area (Å²) in [7, 11) is 1.18. The quantitative estimate of drug-likeness (QED) is 0.133. The molecule has 1 fully saturated rings. The van der Waals surface area contributed by atoms with Crippen LogP contribution in [0.1, 0.15) is 78.7 Å². The summed E-state index contributed by atoms with van der Waals surface area (Å²) in [5.74, 6) is -0.107. The van der Waals surface area contributed by atoms with E-state index in [1.165, 1.54) is 48.6 Å². The van der Waals surface area contributed by atoms with Crippen molar-refractivity contribution in [3.63, 3.8) is 0 Å². The highest BCUT2D eigenvalue weighted by atomic mass is 32.2. The lowest BCUT2D eigenvalue weighted by Crippen LogP contribution is -2.55. The Morgan fingerprint density at radius 2 is 1.92 bits per heavy atom. The Kier molecular flexibility index (Phi) is 22.5. The van der Waals surface area contributed by atoms with Crippen LogP contribution in [0.15, 0.2) is 54.1 Å². The number of thioether (sulfide) groups is 1. The van der Waals surface area contributed by atoms with Gasteiger partial charge in [0.2, 0.25) is 6.41 Å². The van der Waals surface area contributed by atoms with Gasteiger partial charge in [0.1, 0.15) is 0 Å². The monoisotopic (exact) mass is 565 g/mol. The minimum absolute atomic E-state index is 0.0371. The molecule has 0 aliphatic carbocycles. The van der Waals surface area contributed by atoms with Crippen LogP contribution in [-0.4, -0.2) is 55.7 Å². The van der Waals surface area contributed by atoms with Crippen LogP contribution in [0.25, 0.3) is 0 Å². The van der Waals surface area contributed by atoms with Crippen molar-refractivity contribution in [2.45, 2.75) is 96.8 Å². The van der Waals surface area contributed by atoms with Gasteiger partial charge in [-0.2, -0.15) is 0 Å². The van der Waals surface area contributed by atoms with Crippen molar-refractivity contribution < 1.29 is 19.1 Å². The number of nitrogens with one attached hydrogen (secondary N) is 1. The molecule has 1 heterocycles. The molecule has 0 saturated carbocycles. The maximum Gasteiger partial charge on any atom is 0.207 e. The van der Waals surface area contributed by atoms with E-state index in [-0.39, 0.29) is 11.7 Å². The SMILES string of the molecule is C/C=C(/C)CC/C=C/CCC.CC.COC1(C(CSC=O)P(C)Cc2ccccc2)CC(NC=O)CCO1. The summed E-state index contributed by atoms with van der Waals surface area (Å²) >= 11 is 1.26. The van der Waals surface area contributed by atoms with Crippen LogP contribution in [0.2, 0.25) is 0 Å². The Morgan fingerprint density at radius 1 is 1.24 bits per heavy atom. The van der Waals surface area contributed by atoms with Crippen LogP contribution in [0.3, 0.4) is 0 Å². The fourth-order valence-corrected chi connectivity index (χ4v) is 7.94. The van der Waals surface area contributed by atoms with E-state index in [4.69, 9.17) is 9.47 Å². The fraction of sp³-hybridized carbons (Fsp3) is 0.613. The Morgan fingerprint density at radius 3 is 2.50 bits per heavy atom. The summed E-state index contributed by atoms with van der Waals surface area (Å²) in [6.45, 7) is 13.3. The number of methoxy groups -OCH3 is 1. The molecule has 1 aliphatic heterocycles. The van der Waals surface area contributed by atoms with Crippen molar-refractivity contribution in [3.05, 3.63) is 59.7 Å². The Bertz CT molecular complexity index is 789. The summed E-state index contributed by atoms with van der Waals surface area (Å²) in [5, 5.41) is 2.86. The lowest BCUT2D eigenvalue weighted by Gasteiger charge is -2.46. The summed E-state index contributed by atoms with van der Waals surface area (Å²) in [6.07, 6.45) is 14.7. The first-order valence-electron chi connectivity index (χ1n) is 13.9. The molecule has 2 rings (SSSR count). The highest BCUT2D eigenvalue weighted by Gasteiger charge is 2.46. The Labute approximate surface area is 238 Å². The molecule has 1 aliphatic rings. The molecule has 0 bridgehead atoms. The zero-order valence-corrected chi connectivity index (χ0v) is 26.5. The Hall–Kier alpha value is -1.46. The second kappa shape index (κ2) is 23.4. The van der Waals surface area contributed by atoms with E-state index in [0.717, 1.165) is 24.6 Å². The number of rotatable bonds is 15. The fourth-order valence-electron chi connectivity index (χ4n) is 4.19. The highest BCUT2D eigenvalue weighted by Crippen LogP contribution is 2.50. The number of ether oxygens (including phenoxy) is 2. The molecule has 4 unspecified atom stereocenters. The average molecular weight is 566 g/mol. The molecule has 1 amide bonds. The van der Waals surface area contributed by atoms with Gasteiger partial charge in [0.15, 0.2) is 11.4 Å². The third-order valence-electron chi connectivity index (χ3n) is 6.45. The van der Waals surface area contributed by atoms with E-state index in [1.54, 1.807) is 7.11 Å². The van der Waals surface area contributed by atoms with Gasteiger partial charge in [0, 0.05) is 31.0 Å². The van der Waals surface area contributed by atoms with Crippen LogP contribution < -0.4 is 5.32 Å². The van der Waals surface area contributed by atoms with Crippen molar-refractivity contribution in [2.24, 2.45) is 0 Å². The van der Waals surface area contributed by atoms with Gasteiger partial charge in [-0.3, -0.25) is 9.59 Å². The molecule has 1 N–H and O–H groups in total. The molecular weight excluding hydrogens is 513 g/mol. The van der Waals surface area contributed by atoms with Gasteiger partial charge in [0.05, 0.1) is 6.61 Å². The van der Waals surface area contributed by atoms with Gasteiger partial charge in [-0.1, -0.05) is 101 Å². The summed E-state index contributed by atoms with van der Waals surface area (Å²) in [6, 6.07) is 10.4. The number of amides is 1. The smallest absolute Gasteiger partial charge is 0.207 e.